The van der Waals surface area contributed by atoms with Crippen LogP contribution in [0.15, 0.2) is 23.3 Å². The number of ether oxygens (including phenoxy) is 1. The van der Waals surface area contributed by atoms with Crippen LogP contribution in [-0.2, 0) is 4.74 Å². The molecule has 2 heterocycles. The molecule has 0 unspecified atom stereocenters. The van der Waals surface area contributed by atoms with E-state index in [0.717, 1.165) is 0 Å². The van der Waals surface area contributed by atoms with E-state index in [1.165, 1.54) is 12.4 Å². The van der Waals surface area contributed by atoms with Gasteiger partial charge in [-0.25, -0.2) is 4.79 Å². The second-order valence-electron chi connectivity index (χ2n) is 3.28. The van der Waals surface area contributed by atoms with E-state index >= 15 is 0 Å². The number of rotatable bonds is 2. The Bertz CT molecular complexity index is 636. The van der Waals surface area contributed by atoms with E-state index in [1.807, 2.05) is 0 Å². The fourth-order valence-electron chi connectivity index (χ4n) is 1.49. The van der Waals surface area contributed by atoms with Crippen LogP contribution in [0.2, 0.25) is 5.02 Å². The Morgan fingerprint density at radius 2 is 2.35 bits per heavy atom. The minimum atomic E-state index is -0.725. The number of hydrogen-bond acceptors (Lipinski definition) is 4. The number of nitrogens with one attached hydrogen (secondary N) is 1. The van der Waals surface area contributed by atoms with Crippen LogP contribution in [0, 0.1) is 0 Å². The molecule has 0 radical (unpaired) electrons. The van der Waals surface area contributed by atoms with Crippen molar-refractivity contribution in [1.82, 2.24) is 9.97 Å². The first-order valence-electron chi connectivity index (χ1n) is 4.97. The van der Waals surface area contributed by atoms with Crippen LogP contribution in [0.4, 0.5) is 0 Å². The molecule has 17 heavy (non-hydrogen) atoms. The summed E-state index contributed by atoms with van der Waals surface area (Å²) < 4.78 is 4.78. The monoisotopic (exact) mass is 252 g/mol. The lowest BCUT2D eigenvalue weighted by Gasteiger charge is -2.05. The minimum Gasteiger partial charge on any atom is -0.462 e. The van der Waals surface area contributed by atoms with Crippen LogP contribution in [-0.4, -0.2) is 22.5 Å². The molecule has 0 aliphatic carbocycles. The van der Waals surface area contributed by atoms with E-state index < -0.39 is 11.5 Å². The van der Waals surface area contributed by atoms with Gasteiger partial charge in [0.05, 0.1) is 23.3 Å². The lowest BCUT2D eigenvalue weighted by molar-refractivity contribution is 0.0524. The van der Waals surface area contributed by atoms with Crippen molar-refractivity contribution in [3.05, 3.63) is 39.4 Å². The van der Waals surface area contributed by atoms with Gasteiger partial charge in [-0.15, -0.1) is 0 Å². The van der Waals surface area contributed by atoms with Gasteiger partial charge in [0.2, 0.25) is 0 Å². The highest BCUT2D eigenvalue weighted by atomic mass is 35.5. The van der Waals surface area contributed by atoms with Gasteiger partial charge in [-0.3, -0.25) is 9.78 Å². The Morgan fingerprint density at radius 1 is 1.59 bits per heavy atom. The van der Waals surface area contributed by atoms with Crippen molar-refractivity contribution in [3.8, 4) is 0 Å². The molecule has 0 fully saturated rings. The van der Waals surface area contributed by atoms with Gasteiger partial charge in [-0.2, -0.15) is 0 Å². The fourth-order valence-corrected chi connectivity index (χ4v) is 1.82. The van der Waals surface area contributed by atoms with E-state index in [-0.39, 0.29) is 17.2 Å². The summed E-state index contributed by atoms with van der Waals surface area (Å²) >= 11 is 6.03. The number of fused-ring (bicyclic) bond motifs is 1. The summed E-state index contributed by atoms with van der Waals surface area (Å²) in [6.45, 7) is 1.84. The van der Waals surface area contributed by atoms with Crippen molar-refractivity contribution in [2.24, 2.45) is 0 Å². The van der Waals surface area contributed by atoms with Gasteiger partial charge in [0.25, 0.3) is 5.56 Å². The number of esters is 1. The third kappa shape index (κ3) is 2.01. The second-order valence-corrected chi connectivity index (χ2v) is 3.66. The zero-order chi connectivity index (χ0) is 12.4. The predicted octanol–water partition coefficient (Wildman–Crippen LogP) is 1.75. The number of H-pyrrole nitrogens is 1. The van der Waals surface area contributed by atoms with Gasteiger partial charge in [0.1, 0.15) is 5.56 Å². The summed E-state index contributed by atoms with van der Waals surface area (Å²) in [4.78, 5) is 29.7. The maximum absolute atomic E-state index is 11.7. The molecule has 5 nitrogen and oxygen atoms in total. The van der Waals surface area contributed by atoms with Crippen LogP contribution in [0.3, 0.4) is 0 Å². The van der Waals surface area contributed by atoms with Crippen LogP contribution < -0.4 is 5.56 Å². The molecule has 0 amide bonds. The topological polar surface area (TPSA) is 72.0 Å². The Balaban J connectivity index is 2.72. The first kappa shape index (κ1) is 11.6. The molecule has 0 bridgehead atoms. The van der Waals surface area contributed by atoms with Crippen molar-refractivity contribution in [1.29, 1.82) is 0 Å². The van der Waals surface area contributed by atoms with Crippen LogP contribution in [0.25, 0.3) is 10.9 Å². The summed E-state index contributed by atoms with van der Waals surface area (Å²) in [5.74, 6) is -0.725. The summed E-state index contributed by atoms with van der Waals surface area (Å²) in [7, 11) is 0. The third-order valence-electron chi connectivity index (χ3n) is 2.23. The van der Waals surface area contributed by atoms with E-state index in [1.54, 1.807) is 13.0 Å². The lowest BCUT2D eigenvalue weighted by Crippen LogP contribution is -2.20. The molecular formula is C11H9ClN2O3. The standard InChI is InChI=1S/C11H9ClN2O3/c1-2-17-11(16)8-9(12)6-3-4-13-5-7(6)14-10(8)15/h3-5H,2H2,1H3,(H,14,15). The van der Waals surface area contributed by atoms with E-state index in [2.05, 4.69) is 9.97 Å². The number of aromatic nitrogens is 2. The molecule has 0 aliphatic heterocycles. The number of carbonyl (C=O) groups excluding carboxylic acids is 1. The van der Waals surface area contributed by atoms with Gasteiger partial charge < -0.3 is 9.72 Å². The highest BCUT2D eigenvalue weighted by molar-refractivity contribution is 6.38. The van der Waals surface area contributed by atoms with E-state index in [0.29, 0.717) is 10.9 Å². The quantitative estimate of drug-likeness (QED) is 0.827. The van der Waals surface area contributed by atoms with Crippen LogP contribution in [0.5, 0.6) is 0 Å². The average molecular weight is 253 g/mol. The SMILES string of the molecule is CCOC(=O)c1c(Cl)c2ccncc2[nH]c1=O. The van der Waals surface area contributed by atoms with Crippen molar-refractivity contribution in [3.63, 3.8) is 0 Å². The maximum atomic E-state index is 11.7. The smallest absolute Gasteiger partial charge is 0.345 e. The Hall–Kier alpha value is -1.88. The zero-order valence-corrected chi connectivity index (χ0v) is 9.75. The molecule has 0 saturated carbocycles. The molecule has 0 aliphatic rings. The highest BCUT2D eigenvalue weighted by Gasteiger charge is 2.18. The second kappa shape index (κ2) is 4.55. The molecule has 1 N–H and O–H groups in total. The molecule has 2 rings (SSSR count). The lowest BCUT2D eigenvalue weighted by atomic mass is 10.2. The van der Waals surface area contributed by atoms with E-state index in [9.17, 15) is 9.59 Å². The number of pyridine rings is 2. The van der Waals surface area contributed by atoms with Gasteiger partial charge in [0.15, 0.2) is 0 Å². The van der Waals surface area contributed by atoms with Gasteiger partial charge in [-0.1, -0.05) is 11.6 Å². The molecule has 0 spiro atoms. The molecule has 0 aromatic carbocycles. The first-order valence-corrected chi connectivity index (χ1v) is 5.35. The summed E-state index contributed by atoms with van der Waals surface area (Å²) in [5, 5.41) is 0.647. The maximum Gasteiger partial charge on any atom is 0.345 e. The fraction of sp³-hybridized carbons (Fsp3) is 0.182. The molecular weight excluding hydrogens is 244 g/mol. The first-order chi connectivity index (χ1) is 8.15. The number of carbonyl (C=O) groups is 1. The third-order valence-corrected chi connectivity index (χ3v) is 2.62. The van der Waals surface area contributed by atoms with Crippen LogP contribution >= 0.6 is 11.6 Å². The van der Waals surface area contributed by atoms with Crippen LogP contribution in [0.1, 0.15) is 17.3 Å². The van der Waals surface area contributed by atoms with Crippen molar-refractivity contribution in [2.75, 3.05) is 6.61 Å². The summed E-state index contributed by atoms with van der Waals surface area (Å²) in [5.41, 5.74) is -0.267. The summed E-state index contributed by atoms with van der Waals surface area (Å²) in [6.07, 6.45) is 3.00. The van der Waals surface area contributed by atoms with Crippen molar-refractivity contribution in [2.45, 2.75) is 6.92 Å². The number of nitrogens with zero attached hydrogens (tertiary/aromatic N) is 1. The van der Waals surface area contributed by atoms with Gasteiger partial charge in [-0.05, 0) is 13.0 Å². The van der Waals surface area contributed by atoms with E-state index in [4.69, 9.17) is 16.3 Å². The Kier molecular flexibility index (Phi) is 3.10. The predicted molar refractivity (Wildman–Crippen MR) is 63.3 cm³/mol. The Morgan fingerprint density at radius 3 is 3.06 bits per heavy atom. The highest BCUT2D eigenvalue weighted by Crippen LogP contribution is 2.22. The normalized spacial score (nSPS) is 10.5. The number of hydrogen-bond donors (Lipinski definition) is 1. The van der Waals surface area contributed by atoms with Crippen molar-refractivity contribution >= 4 is 28.5 Å². The van der Waals surface area contributed by atoms with Crippen molar-refractivity contribution < 1.29 is 9.53 Å². The molecule has 2 aromatic heterocycles. The molecule has 0 atom stereocenters. The summed E-state index contributed by atoms with van der Waals surface area (Å²) in [6, 6.07) is 1.62. The molecule has 0 saturated heterocycles. The average Bonchev–Trinajstić information content (AvgIpc) is 2.29. The Labute approximate surface area is 101 Å². The molecule has 2 aromatic rings. The molecule has 88 valence electrons. The minimum absolute atomic E-state index is 0.0876. The molecule has 6 heteroatoms. The number of halogens is 1. The number of aromatic amines is 1. The van der Waals surface area contributed by atoms with Gasteiger partial charge >= 0.3 is 5.97 Å². The zero-order valence-electron chi connectivity index (χ0n) is 8.99. The largest absolute Gasteiger partial charge is 0.462 e. The van der Waals surface area contributed by atoms with Gasteiger partial charge in [0, 0.05) is 11.6 Å².